The zero-order valence-electron chi connectivity index (χ0n) is 19.1. The second kappa shape index (κ2) is 10.3. The summed E-state index contributed by atoms with van der Waals surface area (Å²) in [5.41, 5.74) is 0.456. The Kier molecular flexibility index (Phi) is 7.68. The maximum absolute atomic E-state index is 13.1. The third-order valence-electron chi connectivity index (χ3n) is 5.46. The minimum absolute atomic E-state index is 0.142. The van der Waals surface area contributed by atoms with Crippen molar-refractivity contribution in [3.05, 3.63) is 42.2 Å². The van der Waals surface area contributed by atoms with Crippen LogP contribution in [0.3, 0.4) is 0 Å². The number of benzene rings is 1. The second-order valence-corrected chi connectivity index (χ2v) is 9.76. The van der Waals surface area contributed by atoms with Gasteiger partial charge >= 0.3 is 0 Å². The van der Waals surface area contributed by atoms with Crippen LogP contribution in [0.15, 0.2) is 41.6 Å². The Balaban J connectivity index is 1.70. The van der Waals surface area contributed by atoms with E-state index >= 15 is 0 Å². The fourth-order valence-corrected chi connectivity index (χ4v) is 5.21. The van der Waals surface area contributed by atoms with Gasteiger partial charge in [-0.15, -0.1) is 0 Å². The summed E-state index contributed by atoms with van der Waals surface area (Å²) in [5, 5.41) is 0. The van der Waals surface area contributed by atoms with E-state index in [1.165, 1.54) is 16.4 Å². The van der Waals surface area contributed by atoms with Gasteiger partial charge in [-0.1, -0.05) is 13.8 Å². The monoisotopic (exact) mass is 461 g/mol. The Bertz CT molecular complexity index is 1020. The van der Waals surface area contributed by atoms with Gasteiger partial charge in [0.2, 0.25) is 10.0 Å². The molecule has 1 saturated heterocycles. The van der Waals surface area contributed by atoms with Crippen LogP contribution in [0, 0.1) is 0 Å². The highest BCUT2D eigenvalue weighted by molar-refractivity contribution is 7.89. The lowest BCUT2D eigenvalue weighted by atomic mass is 10.1. The normalized spacial score (nSPS) is 16.8. The predicted octanol–water partition coefficient (Wildman–Crippen LogP) is 2.26. The van der Waals surface area contributed by atoms with Crippen LogP contribution in [0.2, 0.25) is 0 Å². The summed E-state index contributed by atoms with van der Waals surface area (Å²) in [4.78, 5) is 25.4. The molecule has 1 aliphatic rings. The molecule has 32 heavy (non-hydrogen) atoms. The first-order valence-corrected chi connectivity index (χ1v) is 12.3. The third kappa shape index (κ3) is 5.18. The number of hydrogen-bond acceptors (Lipinski definition) is 7. The summed E-state index contributed by atoms with van der Waals surface area (Å²) < 4.78 is 32.8. The van der Waals surface area contributed by atoms with Crippen molar-refractivity contribution < 1.29 is 17.9 Å². The van der Waals surface area contributed by atoms with Gasteiger partial charge in [0.25, 0.3) is 11.8 Å². The number of likely N-dealkylation sites (tertiary alicyclic amines) is 1. The lowest BCUT2D eigenvalue weighted by molar-refractivity contribution is 0.0528. The number of carbonyl (C=O) groups excluding carboxylic acids is 1. The van der Waals surface area contributed by atoms with E-state index in [1.807, 2.05) is 19.0 Å². The Labute approximate surface area is 190 Å². The second-order valence-electron chi connectivity index (χ2n) is 7.83. The fourth-order valence-electron chi connectivity index (χ4n) is 3.75. The molecule has 1 fully saturated rings. The maximum Gasteiger partial charge on any atom is 0.257 e. The number of aromatic nitrogens is 2. The molecule has 3 rings (SSSR count). The molecule has 1 unspecified atom stereocenters. The van der Waals surface area contributed by atoms with Crippen LogP contribution < -0.4 is 9.64 Å². The van der Waals surface area contributed by atoms with Crippen molar-refractivity contribution in [1.82, 2.24) is 19.2 Å². The van der Waals surface area contributed by atoms with Crippen molar-refractivity contribution in [1.29, 1.82) is 0 Å². The van der Waals surface area contributed by atoms with Crippen LogP contribution >= 0.6 is 0 Å². The summed E-state index contributed by atoms with van der Waals surface area (Å²) in [6.07, 6.45) is 4.63. The summed E-state index contributed by atoms with van der Waals surface area (Å²) in [7, 11) is 0.194. The number of sulfonamides is 1. The number of amides is 1. The quantitative estimate of drug-likeness (QED) is 0.595. The van der Waals surface area contributed by atoms with Gasteiger partial charge < -0.3 is 14.5 Å². The Hall–Kier alpha value is -2.72. The topological polar surface area (TPSA) is 95.9 Å². The number of hydrogen-bond donors (Lipinski definition) is 0. The van der Waals surface area contributed by atoms with E-state index in [0.29, 0.717) is 43.4 Å². The standard InChI is InChI=1S/C22H31N5O4S/c1-5-27(6-2)32(29,30)19-11-9-17(10-12-19)22(28)26-15-7-8-18(16-26)31-21-20(25(3)4)23-13-14-24-21/h9-14,18H,5-8,15-16H2,1-4H3. The average Bonchev–Trinajstić information content (AvgIpc) is 2.79. The molecule has 174 valence electrons. The molecular weight excluding hydrogens is 430 g/mol. The number of piperidine rings is 1. The van der Waals surface area contributed by atoms with Gasteiger partial charge in [-0.3, -0.25) is 4.79 Å². The molecule has 0 saturated carbocycles. The van der Waals surface area contributed by atoms with Crippen molar-refractivity contribution in [2.45, 2.75) is 37.7 Å². The summed E-state index contributed by atoms with van der Waals surface area (Å²) in [5.74, 6) is 0.945. The van der Waals surface area contributed by atoms with Crippen LogP contribution in [0.5, 0.6) is 5.88 Å². The average molecular weight is 462 g/mol. The summed E-state index contributed by atoms with van der Waals surface area (Å²) >= 11 is 0. The van der Waals surface area contributed by atoms with Gasteiger partial charge in [-0.05, 0) is 37.1 Å². The maximum atomic E-state index is 13.1. The zero-order chi connectivity index (χ0) is 23.3. The highest BCUT2D eigenvalue weighted by Gasteiger charge is 2.28. The summed E-state index contributed by atoms with van der Waals surface area (Å²) in [6, 6.07) is 6.16. The molecule has 0 N–H and O–H groups in total. The van der Waals surface area contributed by atoms with E-state index in [2.05, 4.69) is 9.97 Å². The molecule has 2 aromatic rings. The van der Waals surface area contributed by atoms with Crippen LogP contribution in [0.4, 0.5) is 5.82 Å². The first-order valence-electron chi connectivity index (χ1n) is 10.8. The van der Waals surface area contributed by atoms with Gasteiger partial charge in [0.1, 0.15) is 6.10 Å². The SMILES string of the molecule is CCN(CC)S(=O)(=O)c1ccc(C(=O)N2CCCC(Oc3nccnc3N(C)C)C2)cc1. The minimum atomic E-state index is -3.55. The van der Waals surface area contributed by atoms with Crippen molar-refractivity contribution in [2.24, 2.45) is 0 Å². The third-order valence-corrected chi connectivity index (χ3v) is 7.52. The van der Waals surface area contributed by atoms with Crippen LogP contribution in [0.25, 0.3) is 0 Å². The van der Waals surface area contributed by atoms with Gasteiger partial charge in [-0.2, -0.15) is 4.31 Å². The molecule has 1 aromatic carbocycles. The van der Waals surface area contributed by atoms with Gasteiger partial charge in [-0.25, -0.2) is 18.4 Å². The van der Waals surface area contributed by atoms with Crippen LogP contribution in [-0.2, 0) is 10.0 Å². The van der Waals surface area contributed by atoms with Gasteiger partial charge in [0.05, 0.1) is 11.4 Å². The van der Waals surface area contributed by atoms with E-state index in [4.69, 9.17) is 4.74 Å². The van der Waals surface area contributed by atoms with E-state index in [-0.39, 0.29) is 16.9 Å². The Morgan fingerprint density at radius 2 is 1.78 bits per heavy atom. The van der Waals surface area contributed by atoms with Crippen LogP contribution in [0.1, 0.15) is 37.0 Å². The largest absolute Gasteiger partial charge is 0.470 e. The number of carbonyl (C=O) groups is 1. The molecular formula is C22H31N5O4S. The van der Waals surface area contributed by atoms with E-state index in [0.717, 1.165) is 12.8 Å². The van der Waals surface area contributed by atoms with E-state index < -0.39 is 10.0 Å². The molecule has 9 nitrogen and oxygen atoms in total. The molecule has 1 amide bonds. The highest BCUT2D eigenvalue weighted by Crippen LogP contribution is 2.25. The first kappa shape index (κ1) is 23.9. The molecule has 1 aliphatic heterocycles. The number of nitrogens with zero attached hydrogens (tertiary/aromatic N) is 5. The molecule has 0 spiro atoms. The van der Waals surface area contributed by atoms with Gasteiger partial charge in [0.15, 0.2) is 5.82 Å². The number of anilines is 1. The minimum Gasteiger partial charge on any atom is -0.470 e. The highest BCUT2D eigenvalue weighted by atomic mass is 32.2. The Morgan fingerprint density at radius 1 is 1.12 bits per heavy atom. The van der Waals surface area contributed by atoms with Crippen LogP contribution in [-0.4, -0.2) is 79.9 Å². The molecule has 10 heteroatoms. The zero-order valence-corrected chi connectivity index (χ0v) is 19.9. The number of ether oxygens (including phenoxy) is 1. The smallest absolute Gasteiger partial charge is 0.257 e. The lowest BCUT2D eigenvalue weighted by Gasteiger charge is -2.33. The summed E-state index contributed by atoms with van der Waals surface area (Å²) in [6.45, 7) is 5.46. The van der Waals surface area contributed by atoms with Gasteiger partial charge in [0, 0.05) is 51.7 Å². The van der Waals surface area contributed by atoms with Crippen molar-refractivity contribution in [2.75, 3.05) is 45.2 Å². The predicted molar refractivity (Wildman–Crippen MR) is 122 cm³/mol. The molecule has 1 aromatic heterocycles. The molecule has 0 aliphatic carbocycles. The van der Waals surface area contributed by atoms with Crippen molar-refractivity contribution in [3.63, 3.8) is 0 Å². The molecule has 0 radical (unpaired) electrons. The van der Waals surface area contributed by atoms with E-state index in [1.54, 1.807) is 43.3 Å². The lowest BCUT2D eigenvalue weighted by Crippen LogP contribution is -2.44. The van der Waals surface area contributed by atoms with E-state index in [9.17, 15) is 13.2 Å². The van der Waals surface area contributed by atoms with Crippen molar-refractivity contribution in [3.8, 4) is 5.88 Å². The van der Waals surface area contributed by atoms with Crippen molar-refractivity contribution >= 4 is 21.7 Å². The number of rotatable bonds is 8. The molecule has 1 atom stereocenters. The fraction of sp³-hybridized carbons (Fsp3) is 0.500. The molecule has 0 bridgehead atoms. The molecule has 2 heterocycles. The first-order chi connectivity index (χ1) is 15.3. The Morgan fingerprint density at radius 3 is 2.41 bits per heavy atom.